The second-order valence-corrected chi connectivity index (χ2v) is 4.57. The molecule has 0 radical (unpaired) electrons. The van der Waals surface area contributed by atoms with Gasteiger partial charge in [0.05, 0.1) is 0 Å². The fourth-order valence-electron chi connectivity index (χ4n) is 1.93. The molecule has 1 aliphatic rings. The van der Waals surface area contributed by atoms with E-state index >= 15 is 0 Å². The van der Waals surface area contributed by atoms with Crippen LogP contribution in [0.2, 0.25) is 0 Å². The molecule has 0 unspecified atom stereocenters. The van der Waals surface area contributed by atoms with E-state index in [9.17, 15) is 4.79 Å². The van der Waals surface area contributed by atoms with E-state index in [0.29, 0.717) is 6.61 Å². The number of carbonyl (C=O) groups excluding carboxylic acids is 1. The van der Waals surface area contributed by atoms with Crippen LogP contribution in [0.1, 0.15) is 11.1 Å². The Morgan fingerprint density at radius 1 is 1.53 bits per heavy atom. The summed E-state index contributed by atoms with van der Waals surface area (Å²) in [6.45, 7) is 1.25. The first kappa shape index (κ1) is 12.3. The molecule has 1 amide bonds. The van der Waals surface area contributed by atoms with Crippen molar-refractivity contribution in [2.75, 3.05) is 12.9 Å². The van der Waals surface area contributed by atoms with Crippen molar-refractivity contribution in [3.63, 3.8) is 0 Å². The van der Waals surface area contributed by atoms with Gasteiger partial charge in [0, 0.05) is 18.8 Å². The Hall–Kier alpha value is -1.20. The topological polar surface area (TPSA) is 50.4 Å². The van der Waals surface area contributed by atoms with E-state index in [1.165, 1.54) is 23.1 Å². The maximum Gasteiger partial charge on any atom is 0.417 e. The minimum atomic E-state index is -0.377. The lowest BCUT2D eigenvalue weighted by molar-refractivity contribution is 0.138. The average Bonchev–Trinajstić information content (AvgIpc) is 2.36. The van der Waals surface area contributed by atoms with Crippen molar-refractivity contribution in [3.05, 3.63) is 35.4 Å². The monoisotopic (exact) mass is 252 g/mol. The van der Waals surface area contributed by atoms with Crippen LogP contribution in [0, 0.1) is 0 Å². The molecule has 92 valence electrons. The fraction of sp³-hybridized carbons (Fsp3) is 0.417. The average molecular weight is 252 g/mol. The van der Waals surface area contributed by atoms with E-state index < -0.39 is 0 Å². The zero-order valence-electron chi connectivity index (χ0n) is 9.73. The molecule has 0 saturated carbocycles. The highest BCUT2D eigenvalue weighted by Gasteiger charge is 2.18. The summed E-state index contributed by atoms with van der Waals surface area (Å²) >= 11 is 1.24. The maximum absolute atomic E-state index is 11.1. The summed E-state index contributed by atoms with van der Waals surface area (Å²) in [5.41, 5.74) is 2.67. The quantitative estimate of drug-likeness (QED) is 0.804. The van der Waals surface area contributed by atoms with Gasteiger partial charge in [0.2, 0.25) is 0 Å². The highest BCUT2D eigenvalue weighted by Crippen LogP contribution is 2.16. The third-order valence-electron chi connectivity index (χ3n) is 2.77. The molecule has 5 heteroatoms. The molecular formula is C12H16N2O2S. The van der Waals surface area contributed by atoms with Gasteiger partial charge in [-0.15, -0.1) is 0 Å². The molecule has 0 spiro atoms. The summed E-state index contributed by atoms with van der Waals surface area (Å²) < 4.78 is 7.64. The van der Waals surface area contributed by atoms with E-state index in [0.717, 1.165) is 13.0 Å². The van der Waals surface area contributed by atoms with Crippen molar-refractivity contribution in [1.82, 2.24) is 10.0 Å². The van der Waals surface area contributed by atoms with Gasteiger partial charge in [0.25, 0.3) is 0 Å². The molecule has 0 bridgehead atoms. The van der Waals surface area contributed by atoms with Gasteiger partial charge < -0.3 is 10.1 Å². The van der Waals surface area contributed by atoms with Crippen LogP contribution in [0.3, 0.4) is 0 Å². The third-order valence-corrected chi connectivity index (χ3v) is 3.14. The zero-order valence-corrected chi connectivity index (χ0v) is 10.5. The molecule has 0 aromatic heterocycles. The first-order valence-corrected chi connectivity index (χ1v) is 6.78. The number of hydrogen-bond acceptors (Lipinski definition) is 4. The van der Waals surface area contributed by atoms with Gasteiger partial charge in [0.1, 0.15) is 6.61 Å². The van der Waals surface area contributed by atoms with Gasteiger partial charge in [-0.25, -0.2) is 4.79 Å². The van der Waals surface area contributed by atoms with Crippen LogP contribution in [-0.2, 0) is 17.7 Å². The van der Waals surface area contributed by atoms with Crippen LogP contribution in [0.25, 0.3) is 0 Å². The molecule has 2 rings (SSSR count). The summed E-state index contributed by atoms with van der Waals surface area (Å²) in [4.78, 5) is 11.1. The lowest BCUT2D eigenvalue weighted by atomic mass is 9.96. The van der Waals surface area contributed by atoms with Gasteiger partial charge >= 0.3 is 6.09 Å². The maximum atomic E-state index is 11.1. The molecule has 4 nitrogen and oxygen atoms in total. The Morgan fingerprint density at radius 3 is 3.06 bits per heavy atom. The largest absolute Gasteiger partial charge is 0.447 e. The predicted octanol–water partition coefficient (Wildman–Crippen LogP) is 1.71. The summed E-state index contributed by atoms with van der Waals surface area (Å²) in [6, 6.07) is 8.55. The first-order chi connectivity index (χ1) is 8.29. The molecular weight excluding hydrogens is 236 g/mol. The summed E-state index contributed by atoms with van der Waals surface area (Å²) in [7, 11) is 0. The van der Waals surface area contributed by atoms with Crippen molar-refractivity contribution in [3.8, 4) is 0 Å². The van der Waals surface area contributed by atoms with Crippen molar-refractivity contribution in [2.45, 2.75) is 19.0 Å². The highest BCUT2D eigenvalue weighted by atomic mass is 32.2. The Morgan fingerprint density at radius 2 is 2.29 bits per heavy atom. The normalized spacial score (nSPS) is 18.3. The van der Waals surface area contributed by atoms with Crippen LogP contribution in [0.4, 0.5) is 4.79 Å². The molecule has 0 saturated heterocycles. The highest BCUT2D eigenvalue weighted by molar-refractivity contribution is 7.97. The van der Waals surface area contributed by atoms with Gasteiger partial charge in [-0.3, -0.25) is 4.72 Å². The number of hydrogen-bond donors (Lipinski definition) is 2. The van der Waals surface area contributed by atoms with Gasteiger partial charge in [-0.05, 0) is 17.5 Å². The van der Waals surface area contributed by atoms with Crippen molar-refractivity contribution in [2.24, 2.45) is 0 Å². The van der Waals surface area contributed by atoms with E-state index in [2.05, 4.69) is 22.2 Å². The van der Waals surface area contributed by atoms with E-state index in [1.54, 1.807) is 6.26 Å². The number of nitrogens with one attached hydrogen (secondary N) is 2. The first-order valence-electron chi connectivity index (χ1n) is 5.55. The predicted molar refractivity (Wildman–Crippen MR) is 68.8 cm³/mol. The van der Waals surface area contributed by atoms with Gasteiger partial charge in [-0.1, -0.05) is 36.2 Å². The minimum Gasteiger partial charge on any atom is -0.447 e. The number of ether oxygens (including phenoxy) is 1. The zero-order chi connectivity index (χ0) is 12.1. The van der Waals surface area contributed by atoms with Crippen LogP contribution in [0.15, 0.2) is 24.3 Å². The number of amides is 1. The Kier molecular flexibility index (Phi) is 4.28. The van der Waals surface area contributed by atoms with Crippen molar-refractivity contribution < 1.29 is 9.53 Å². The molecule has 1 atom stereocenters. The number of fused-ring (bicyclic) bond motifs is 1. The fourth-order valence-corrected chi connectivity index (χ4v) is 2.15. The van der Waals surface area contributed by atoms with E-state index in [4.69, 9.17) is 4.74 Å². The molecule has 0 aliphatic carbocycles. The summed E-state index contributed by atoms with van der Waals surface area (Å²) in [5, 5.41) is 3.36. The van der Waals surface area contributed by atoms with Crippen LogP contribution >= 0.6 is 11.9 Å². The number of rotatable bonds is 3. The lowest BCUT2D eigenvalue weighted by Gasteiger charge is -2.25. The number of benzene rings is 1. The molecule has 1 aliphatic heterocycles. The van der Waals surface area contributed by atoms with Crippen LogP contribution < -0.4 is 10.0 Å². The Bertz CT molecular complexity index is 398. The summed E-state index contributed by atoms with van der Waals surface area (Å²) in [5.74, 6) is 0. The van der Waals surface area contributed by atoms with E-state index in [-0.39, 0.29) is 12.1 Å². The SMILES string of the molecule is CSNC(=O)OC[C@@H]1Cc2ccccc2CN1. The Labute approximate surface area is 105 Å². The minimum absolute atomic E-state index is 0.206. The standard InChI is InChI=1S/C12H16N2O2S/c1-17-14-12(15)16-8-11-6-9-4-2-3-5-10(9)7-13-11/h2-5,11,13H,6-8H2,1H3,(H,14,15)/t11-/m0/s1. The van der Waals surface area contributed by atoms with Gasteiger partial charge in [-0.2, -0.15) is 0 Å². The van der Waals surface area contributed by atoms with Crippen molar-refractivity contribution >= 4 is 18.0 Å². The second kappa shape index (κ2) is 5.93. The smallest absolute Gasteiger partial charge is 0.417 e. The van der Waals surface area contributed by atoms with Crippen LogP contribution in [0.5, 0.6) is 0 Å². The molecule has 1 aromatic rings. The molecule has 0 fully saturated rings. The van der Waals surface area contributed by atoms with Crippen LogP contribution in [-0.4, -0.2) is 25.0 Å². The third kappa shape index (κ3) is 3.38. The Balaban J connectivity index is 1.84. The van der Waals surface area contributed by atoms with E-state index in [1.807, 2.05) is 12.1 Å². The van der Waals surface area contributed by atoms with Crippen molar-refractivity contribution in [1.29, 1.82) is 0 Å². The molecule has 2 N–H and O–H groups in total. The second-order valence-electron chi connectivity index (χ2n) is 3.96. The van der Waals surface area contributed by atoms with Gasteiger partial charge in [0.15, 0.2) is 0 Å². The lowest BCUT2D eigenvalue weighted by Crippen LogP contribution is -2.40. The molecule has 17 heavy (non-hydrogen) atoms. The molecule has 1 heterocycles. The summed E-state index contributed by atoms with van der Waals surface area (Å²) in [6.07, 6.45) is 2.32. The molecule has 1 aromatic carbocycles. The number of carbonyl (C=O) groups is 1.